The third-order valence-electron chi connectivity index (χ3n) is 3.47. The van der Waals surface area contributed by atoms with E-state index in [0.29, 0.717) is 17.7 Å². The maximum atomic E-state index is 12.1. The number of rotatable bonds is 4. The standard InChI is InChI=1S/C17H18N2O4/c1-10(8-11-6-7-14(20)15(21)9-11)16(22)19-17(23)12-4-2-3-5-13(12)18/h2-7,9-10,20-21H,8,18H2,1H3,(H,19,22,23). The second-order valence-corrected chi connectivity index (χ2v) is 5.33. The van der Waals surface area contributed by atoms with Crippen LogP contribution in [0.3, 0.4) is 0 Å². The monoisotopic (exact) mass is 314 g/mol. The second-order valence-electron chi connectivity index (χ2n) is 5.33. The highest BCUT2D eigenvalue weighted by Crippen LogP contribution is 2.26. The maximum absolute atomic E-state index is 12.1. The van der Waals surface area contributed by atoms with Gasteiger partial charge in [0.25, 0.3) is 5.91 Å². The fourth-order valence-electron chi connectivity index (χ4n) is 2.15. The number of anilines is 1. The predicted octanol–water partition coefficient (Wildman–Crippen LogP) is 1.82. The van der Waals surface area contributed by atoms with E-state index < -0.39 is 17.7 Å². The van der Waals surface area contributed by atoms with E-state index in [1.807, 2.05) is 0 Å². The minimum atomic E-state index is -0.548. The van der Waals surface area contributed by atoms with Crippen molar-refractivity contribution in [3.05, 3.63) is 53.6 Å². The number of phenolic OH excluding ortho intramolecular Hbond substituents is 2. The largest absolute Gasteiger partial charge is 0.504 e. The summed E-state index contributed by atoms with van der Waals surface area (Å²) in [7, 11) is 0. The molecule has 120 valence electrons. The summed E-state index contributed by atoms with van der Waals surface area (Å²) in [5, 5.41) is 21.0. The third-order valence-corrected chi connectivity index (χ3v) is 3.47. The van der Waals surface area contributed by atoms with Crippen molar-refractivity contribution in [2.24, 2.45) is 5.92 Å². The van der Waals surface area contributed by atoms with Gasteiger partial charge in [-0.2, -0.15) is 0 Å². The first-order valence-electron chi connectivity index (χ1n) is 7.09. The van der Waals surface area contributed by atoms with Crippen LogP contribution in [0.25, 0.3) is 0 Å². The van der Waals surface area contributed by atoms with Gasteiger partial charge in [0.15, 0.2) is 11.5 Å². The van der Waals surface area contributed by atoms with Crippen molar-refractivity contribution in [3.8, 4) is 11.5 Å². The first-order valence-corrected chi connectivity index (χ1v) is 7.09. The number of nitrogens with two attached hydrogens (primary N) is 1. The van der Waals surface area contributed by atoms with Crippen LogP contribution < -0.4 is 11.1 Å². The van der Waals surface area contributed by atoms with Gasteiger partial charge in [-0.15, -0.1) is 0 Å². The molecule has 0 aliphatic heterocycles. The van der Waals surface area contributed by atoms with Crippen LogP contribution in [0.15, 0.2) is 42.5 Å². The van der Waals surface area contributed by atoms with Crippen LogP contribution in [0.4, 0.5) is 5.69 Å². The highest BCUT2D eigenvalue weighted by molar-refractivity contribution is 6.07. The summed E-state index contributed by atoms with van der Waals surface area (Å²) >= 11 is 0. The number of hydrogen-bond acceptors (Lipinski definition) is 5. The summed E-state index contributed by atoms with van der Waals surface area (Å²) in [6, 6.07) is 10.8. The normalized spacial score (nSPS) is 11.7. The Balaban J connectivity index is 2.01. The average molecular weight is 314 g/mol. The summed E-state index contributed by atoms with van der Waals surface area (Å²) in [4.78, 5) is 24.2. The number of nitrogens with one attached hydrogen (secondary N) is 1. The summed E-state index contributed by atoms with van der Waals surface area (Å²) in [6.07, 6.45) is 0.317. The van der Waals surface area contributed by atoms with Gasteiger partial charge in [0, 0.05) is 11.6 Å². The number of carbonyl (C=O) groups excluding carboxylic acids is 2. The smallest absolute Gasteiger partial charge is 0.259 e. The molecular formula is C17H18N2O4. The molecule has 1 atom stereocenters. The van der Waals surface area contributed by atoms with Gasteiger partial charge < -0.3 is 15.9 Å². The first kappa shape index (κ1) is 16.4. The number of hydrogen-bond donors (Lipinski definition) is 4. The van der Waals surface area contributed by atoms with Crippen LogP contribution >= 0.6 is 0 Å². The Kier molecular flexibility index (Phi) is 4.85. The number of amides is 2. The summed E-state index contributed by atoms with van der Waals surface area (Å²) in [6.45, 7) is 1.67. The SMILES string of the molecule is CC(Cc1ccc(O)c(O)c1)C(=O)NC(=O)c1ccccc1N. The van der Waals surface area contributed by atoms with Crippen LogP contribution in [0, 0.1) is 5.92 Å². The number of carbonyl (C=O) groups is 2. The molecule has 6 nitrogen and oxygen atoms in total. The van der Waals surface area contributed by atoms with Gasteiger partial charge in [0.05, 0.1) is 5.56 Å². The van der Waals surface area contributed by atoms with Crippen molar-refractivity contribution in [2.75, 3.05) is 5.73 Å². The molecule has 0 aliphatic carbocycles. The molecule has 2 rings (SSSR count). The van der Waals surface area contributed by atoms with Crippen molar-refractivity contribution < 1.29 is 19.8 Å². The van der Waals surface area contributed by atoms with E-state index in [-0.39, 0.29) is 17.1 Å². The molecule has 0 saturated heterocycles. The molecule has 1 unspecified atom stereocenters. The molecule has 0 heterocycles. The van der Waals surface area contributed by atoms with Gasteiger partial charge in [0.2, 0.25) is 5.91 Å². The van der Waals surface area contributed by atoms with Gasteiger partial charge in [0.1, 0.15) is 0 Å². The summed E-state index contributed by atoms with van der Waals surface area (Å²) in [5.41, 5.74) is 6.93. The van der Waals surface area contributed by atoms with Crippen molar-refractivity contribution >= 4 is 17.5 Å². The van der Waals surface area contributed by atoms with Gasteiger partial charge in [-0.25, -0.2) is 0 Å². The number of aromatic hydroxyl groups is 2. The molecule has 6 heteroatoms. The lowest BCUT2D eigenvalue weighted by Gasteiger charge is -2.12. The van der Waals surface area contributed by atoms with Gasteiger partial charge >= 0.3 is 0 Å². The quantitative estimate of drug-likeness (QED) is 0.508. The molecule has 0 radical (unpaired) electrons. The molecule has 0 bridgehead atoms. The molecule has 2 aromatic carbocycles. The van der Waals surface area contributed by atoms with Gasteiger partial charge in [-0.1, -0.05) is 25.1 Å². The molecule has 5 N–H and O–H groups in total. The Hall–Kier alpha value is -3.02. The lowest BCUT2D eigenvalue weighted by Crippen LogP contribution is -2.35. The zero-order chi connectivity index (χ0) is 17.0. The minimum absolute atomic E-state index is 0.222. The fraction of sp³-hybridized carbons (Fsp3) is 0.176. The van der Waals surface area contributed by atoms with E-state index in [4.69, 9.17) is 5.73 Å². The van der Waals surface area contributed by atoms with E-state index in [0.717, 1.165) is 0 Å². The van der Waals surface area contributed by atoms with E-state index in [2.05, 4.69) is 5.32 Å². The first-order chi connectivity index (χ1) is 10.9. The Morgan fingerprint density at radius 3 is 2.48 bits per heavy atom. The van der Waals surface area contributed by atoms with E-state index in [1.165, 1.54) is 12.1 Å². The van der Waals surface area contributed by atoms with Crippen LogP contribution in [0.2, 0.25) is 0 Å². The Morgan fingerprint density at radius 2 is 1.83 bits per heavy atom. The highest BCUT2D eigenvalue weighted by Gasteiger charge is 2.18. The number of benzene rings is 2. The van der Waals surface area contributed by atoms with E-state index >= 15 is 0 Å². The maximum Gasteiger partial charge on any atom is 0.259 e. The highest BCUT2D eigenvalue weighted by atomic mass is 16.3. The van der Waals surface area contributed by atoms with Gasteiger partial charge in [-0.3, -0.25) is 14.9 Å². The number of nitrogen functional groups attached to an aromatic ring is 1. The average Bonchev–Trinajstić information content (AvgIpc) is 2.51. The zero-order valence-electron chi connectivity index (χ0n) is 12.6. The third kappa shape index (κ3) is 4.00. The lowest BCUT2D eigenvalue weighted by atomic mass is 9.99. The van der Waals surface area contributed by atoms with Crippen LogP contribution in [0.1, 0.15) is 22.8 Å². The molecular weight excluding hydrogens is 296 g/mol. The minimum Gasteiger partial charge on any atom is -0.504 e. The second kappa shape index (κ2) is 6.83. The Morgan fingerprint density at radius 1 is 1.13 bits per heavy atom. The van der Waals surface area contributed by atoms with Crippen molar-refractivity contribution in [3.63, 3.8) is 0 Å². The number of imide groups is 1. The van der Waals surface area contributed by atoms with Crippen LogP contribution in [0.5, 0.6) is 11.5 Å². The Bertz CT molecular complexity index is 743. The zero-order valence-corrected chi connectivity index (χ0v) is 12.6. The van der Waals surface area contributed by atoms with E-state index in [1.54, 1.807) is 37.3 Å². The topological polar surface area (TPSA) is 113 Å². The van der Waals surface area contributed by atoms with Gasteiger partial charge in [-0.05, 0) is 36.2 Å². The number of phenols is 2. The fourth-order valence-corrected chi connectivity index (χ4v) is 2.15. The molecule has 2 amide bonds. The number of para-hydroxylation sites is 1. The van der Waals surface area contributed by atoms with Crippen LogP contribution in [-0.4, -0.2) is 22.0 Å². The Labute approximate surface area is 133 Å². The molecule has 23 heavy (non-hydrogen) atoms. The van der Waals surface area contributed by atoms with Crippen LogP contribution in [-0.2, 0) is 11.2 Å². The summed E-state index contributed by atoms with van der Waals surface area (Å²) < 4.78 is 0. The lowest BCUT2D eigenvalue weighted by molar-refractivity contribution is -0.123. The summed E-state index contributed by atoms with van der Waals surface area (Å²) in [5.74, 6) is -1.95. The van der Waals surface area contributed by atoms with Crippen molar-refractivity contribution in [2.45, 2.75) is 13.3 Å². The van der Waals surface area contributed by atoms with Crippen molar-refractivity contribution in [1.29, 1.82) is 0 Å². The molecule has 0 aromatic heterocycles. The molecule has 2 aromatic rings. The molecule has 0 saturated carbocycles. The molecule has 0 spiro atoms. The van der Waals surface area contributed by atoms with E-state index in [9.17, 15) is 19.8 Å². The molecule has 0 aliphatic rings. The molecule has 0 fully saturated rings. The van der Waals surface area contributed by atoms with Crippen molar-refractivity contribution in [1.82, 2.24) is 5.32 Å². The predicted molar refractivity (Wildman–Crippen MR) is 86.0 cm³/mol.